The van der Waals surface area contributed by atoms with Crippen LogP contribution < -0.4 is 20.9 Å². The maximum absolute atomic E-state index is 15.4. The molecule has 3 aromatic carbocycles. The van der Waals surface area contributed by atoms with E-state index < -0.39 is 28.7 Å². The molecule has 0 saturated carbocycles. The number of aromatic nitrogens is 1. The van der Waals surface area contributed by atoms with Crippen LogP contribution >= 0.6 is 0 Å². The van der Waals surface area contributed by atoms with E-state index in [4.69, 9.17) is 0 Å². The van der Waals surface area contributed by atoms with Gasteiger partial charge >= 0.3 is 0 Å². The molecule has 0 unspecified atom stereocenters. The molecule has 0 aliphatic carbocycles. The molecular formula is C30H25FN5O4-. The second-order valence-corrected chi connectivity index (χ2v) is 9.36. The van der Waals surface area contributed by atoms with Crippen molar-refractivity contribution in [3.8, 4) is 0 Å². The maximum atomic E-state index is 15.4. The van der Waals surface area contributed by atoms with Gasteiger partial charge in [-0.1, -0.05) is 42.5 Å². The highest BCUT2D eigenvalue weighted by atomic mass is 19.1. The third kappa shape index (κ3) is 4.82. The Kier molecular flexibility index (Phi) is 6.91. The summed E-state index contributed by atoms with van der Waals surface area (Å²) in [4.78, 5) is 44.2. The molecular weight excluding hydrogens is 513 g/mol. The van der Waals surface area contributed by atoms with E-state index in [2.05, 4.69) is 10.4 Å². The van der Waals surface area contributed by atoms with Crippen LogP contribution in [0.2, 0.25) is 0 Å². The van der Waals surface area contributed by atoms with Crippen LogP contribution in [0.15, 0.2) is 88.4 Å². The number of aryl methyl sites for hydroxylation is 1. The van der Waals surface area contributed by atoms with Crippen molar-refractivity contribution >= 4 is 46.1 Å². The Morgan fingerprint density at radius 1 is 1.07 bits per heavy atom. The van der Waals surface area contributed by atoms with Gasteiger partial charge in [0.25, 0.3) is 5.91 Å². The van der Waals surface area contributed by atoms with Gasteiger partial charge in [-0.2, -0.15) is 5.01 Å². The number of pyridine rings is 1. The molecule has 2 heterocycles. The normalized spacial score (nSPS) is 14.1. The number of aliphatic imine (C=N–C) groups is 1. The molecule has 10 heteroatoms. The molecule has 0 radical (unpaired) electrons. The molecule has 1 N–H and O–H groups in total. The minimum atomic E-state index is -1.64. The van der Waals surface area contributed by atoms with Crippen molar-refractivity contribution in [1.29, 1.82) is 0 Å². The standard InChI is InChI=1S/C30H26FN5O4/c1-4-35-17-22(30(39)40)27(37)21-15-23(31)24(16-26(21)35)33-36-28(19-8-6-5-7-9-19)32-25(29(36)38)14-18-10-12-20(13-11-18)34(2)3/h5-17,33H,4H2,1-3H3,(H,39,40)/p-1/b25-14+. The average molecular weight is 539 g/mol. The average Bonchev–Trinajstić information content (AvgIpc) is 3.24. The van der Waals surface area contributed by atoms with Crippen molar-refractivity contribution in [3.63, 3.8) is 0 Å². The summed E-state index contributed by atoms with van der Waals surface area (Å²) >= 11 is 0. The molecule has 5 rings (SSSR count). The fourth-order valence-electron chi connectivity index (χ4n) is 4.45. The van der Waals surface area contributed by atoms with E-state index in [-0.39, 0.29) is 22.6 Å². The van der Waals surface area contributed by atoms with Crippen LogP contribution in [-0.4, -0.2) is 41.4 Å². The number of anilines is 2. The molecule has 40 heavy (non-hydrogen) atoms. The highest BCUT2D eigenvalue weighted by Crippen LogP contribution is 2.27. The van der Waals surface area contributed by atoms with Gasteiger partial charge in [-0.3, -0.25) is 15.0 Å². The molecule has 0 saturated heterocycles. The van der Waals surface area contributed by atoms with Crippen LogP contribution in [0.3, 0.4) is 0 Å². The van der Waals surface area contributed by atoms with Crippen LogP contribution in [-0.2, 0) is 11.3 Å². The summed E-state index contributed by atoms with van der Waals surface area (Å²) in [5.41, 5.74) is 4.16. The van der Waals surface area contributed by atoms with Crippen LogP contribution in [0.25, 0.3) is 17.0 Å². The molecule has 4 aromatic rings. The van der Waals surface area contributed by atoms with Crippen molar-refractivity contribution in [1.82, 2.24) is 9.58 Å². The summed E-state index contributed by atoms with van der Waals surface area (Å²) in [6.45, 7) is 2.06. The van der Waals surface area contributed by atoms with Gasteiger partial charge in [0.2, 0.25) is 0 Å². The Balaban J connectivity index is 1.58. The molecule has 0 spiro atoms. The quantitative estimate of drug-likeness (QED) is 0.362. The first-order valence-electron chi connectivity index (χ1n) is 12.5. The van der Waals surface area contributed by atoms with Crippen LogP contribution in [0, 0.1) is 5.82 Å². The predicted octanol–water partition coefficient (Wildman–Crippen LogP) is 3.25. The van der Waals surface area contributed by atoms with Gasteiger partial charge in [-0.25, -0.2) is 9.38 Å². The van der Waals surface area contributed by atoms with E-state index in [1.165, 1.54) is 16.8 Å². The number of hydrogen-bond acceptors (Lipinski definition) is 7. The zero-order chi connectivity index (χ0) is 28.6. The number of fused-ring (bicyclic) bond motifs is 1. The number of carboxylic acids is 1. The number of carbonyl (C=O) groups excluding carboxylic acids is 2. The van der Waals surface area contributed by atoms with Gasteiger partial charge in [-0.05, 0) is 42.8 Å². The number of hydrazine groups is 1. The maximum Gasteiger partial charge on any atom is 0.297 e. The van der Waals surface area contributed by atoms with Gasteiger partial charge in [0, 0.05) is 43.5 Å². The van der Waals surface area contributed by atoms with Crippen LogP contribution in [0.1, 0.15) is 28.4 Å². The predicted molar refractivity (Wildman–Crippen MR) is 150 cm³/mol. The minimum Gasteiger partial charge on any atom is -0.545 e. The molecule has 1 aliphatic heterocycles. The second-order valence-electron chi connectivity index (χ2n) is 9.36. The molecule has 0 bridgehead atoms. The molecule has 1 aliphatic rings. The Bertz CT molecular complexity index is 1760. The van der Waals surface area contributed by atoms with Gasteiger partial charge in [-0.15, -0.1) is 0 Å². The van der Waals surface area contributed by atoms with E-state index in [1.807, 2.05) is 49.3 Å². The Morgan fingerprint density at radius 2 is 1.77 bits per heavy atom. The molecule has 1 aromatic heterocycles. The first-order chi connectivity index (χ1) is 19.2. The lowest BCUT2D eigenvalue weighted by Gasteiger charge is -2.22. The number of carboxylic acid groups (broad SMARTS) is 1. The molecule has 202 valence electrons. The largest absolute Gasteiger partial charge is 0.545 e. The lowest BCUT2D eigenvalue weighted by Crippen LogP contribution is -2.38. The summed E-state index contributed by atoms with van der Waals surface area (Å²) in [6.07, 6.45) is 2.82. The lowest BCUT2D eigenvalue weighted by atomic mass is 10.1. The zero-order valence-electron chi connectivity index (χ0n) is 22.0. The van der Waals surface area contributed by atoms with Crippen molar-refractivity contribution in [2.45, 2.75) is 13.5 Å². The van der Waals surface area contributed by atoms with Gasteiger partial charge in [0.05, 0.1) is 22.7 Å². The summed E-state index contributed by atoms with van der Waals surface area (Å²) in [6, 6.07) is 18.9. The van der Waals surface area contributed by atoms with E-state index >= 15 is 4.39 Å². The molecule has 9 nitrogen and oxygen atoms in total. The number of hydrogen-bond donors (Lipinski definition) is 1. The number of amides is 1. The molecule has 1 amide bonds. The van der Waals surface area contributed by atoms with Gasteiger partial charge in [0.1, 0.15) is 11.5 Å². The molecule has 0 fully saturated rings. The zero-order valence-corrected chi connectivity index (χ0v) is 22.0. The van der Waals surface area contributed by atoms with Crippen molar-refractivity contribution in [2.75, 3.05) is 24.4 Å². The Morgan fingerprint density at radius 3 is 2.40 bits per heavy atom. The van der Waals surface area contributed by atoms with Gasteiger partial charge in [0.15, 0.2) is 11.3 Å². The summed E-state index contributed by atoms with van der Waals surface area (Å²) in [7, 11) is 3.87. The SMILES string of the molecule is CCn1cc(C(=O)[O-])c(=O)c2cc(F)c(NN3C(=O)/C(=C\c4ccc(N(C)C)cc4)N=C3c3ccccc3)cc21. The first kappa shape index (κ1) is 26.4. The Labute approximate surface area is 229 Å². The third-order valence-electron chi connectivity index (χ3n) is 6.57. The lowest BCUT2D eigenvalue weighted by molar-refractivity contribution is -0.255. The number of rotatable bonds is 7. The minimum absolute atomic E-state index is 0.0936. The topological polar surface area (TPSA) is 110 Å². The van der Waals surface area contributed by atoms with Crippen molar-refractivity contribution in [3.05, 3.63) is 111 Å². The van der Waals surface area contributed by atoms with E-state index in [0.29, 0.717) is 17.6 Å². The Hall–Kier alpha value is -5.25. The number of carbonyl (C=O) groups is 2. The number of halogens is 1. The number of nitrogens with zero attached hydrogens (tertiary/aromatic N) is 4. The van der Waals surface area contributed by atoms with Crippen molar-refractivity contribution < 1.29 is 19.1 Å². The number of benzene rings is 3. The molecule has 0 atom stereocenters. The summed E-state index contributed by atoms with van der Waals surface area (Å²) in [5.74, 6) is -2.73. The van der Waals surface area contributed by atoms with E-state index in [1.54, 1.807) is 37.3 Å². The third-order valence-corrected chi connectivity index (χ3v) is 6.57. The number of nitrogens with one attached hydrogen (secondary N) is 1. The second kappa shape index (κ2) is 10.5. The van der Waals surface area contributed by atoms with E-state index in [9.17, 15) is 19.5 Å². The monoisotopic (exact) mass is 538 g/mol. The van der Waals surface area contributed by atoms with Gasteiger partial charge < -0.3 is 19.4 Å². The first-order valence-corrected chi connectivity index (χ1v) is 12.5. The highest BCUT2D eigenvalue weighted by Gasteiger charge is 2.32. The number of amidine groups is 1. The highest BCUT2D eigenvalue weighted by molar-refractivity contribution is 6.20. The number of aromatic carboxylic acids is 1. The summed E-state index contributed by atoms with van der Waals surface area (Å²) < 4.78 is 16.9. The fraction of sp³-hybridized carbons (Fsp3) is 0.133. The summed E-state index contributed by atoms with van der Waals surface area (Å²) in [5, 5.41) is 12.5. The fourth-order valence-corrected chi connectivity index (χ4v) is 4.45. The van der Waals surface area contributed by atoms with Crippen LogP contribution in [0.4, 0.5) is 15.8 Å². The van der Waals surface area contributed by atoms with E-state index in [0.717, 1.165) is 22.3 Å². The van der Waals surface area contributed by atoms with Crippen molar-refractivity contribution in [2.24, 2.45) is 4.99 Å². The smallest absolute Gasteiger partial charge is 0.297 e. The van der Waals surface area contributed by atoms with Crippen LogP contribution in [0.5, 0.6) is 0 Å².